The molecule has 5 heteroatoms. The first-order valence-corrected chi connectivity index (χ1v) is 8.48. The van der Waals surface area contributed by atoms with Gasteiger partial charge in [-0.3, -0.25) is 0 Å². The molecule has 0 spiro atoms. The van der Waals surface area contributed by atoms with Gasteiger partial charge in [0.05, 0.1) is 6.04 Å². The normalized spacial score (nSPS) is 17.7. The fourth-order valence-electron chi connectivity index (χ4n) is 2.95. The molecule has 0 radical (unpaired) electrons. The quantitative estimate of drug-likeness (QED) is 0.933. The maximum Gasteiger partial charge on any atom is 0.137 e. The summed E-state index contributed by atoms with van der Waals surface area (Å²) in [5.41, 5.74) is 2.60. The molecule has 1 atom stereocenters. The standard InChI is InChI=1S/C16H22N4S/c1-4-7-17-15-11(2)16(19-10-18-15)20-8-5-14-13(12(20)3)6-9-21-14/h6,9-10,12H,4-5,7-8H2,1-3H3,(H,17,18,19). The van der Waals surface area contributed by atoms with Gasteiger partial charge in [-0.2, -0.15) is 0 Å². The molecule has 3 rings (SSSR count). The van der Waals surface area contributed by atoms with Gasteiger partial charge in [-0.1, -0.05) is 6.92 Å². The molecule has 2 aromatic heterocycles. The number of hydrogen-bond acceptors (Lipinski definition) is 5. The Morgan fingerprint density at radius 3 is 3.10 bits per heavy atom. The van der Waals surface area contributed by atoms with Gasteiger partial charge in [0.15, 0.2) is 0 Å². The lowest BCUT2D eigenvalue weighted by atomic mass is 10.0. The van der Waals surface area contributed by atoms with Crippen LogP contribution in [0.5, 0.6) is 0 Å². The highest BCUT2D eigenvalue weighted by molar-refractivity contribution is 7.10. The van der Waals surface area contributed by atoms with Crippen LogP contribution in [0.25, 0.3) is 0 Å². The minimum atomic E-state index is 0.382. The lowest BCUT2D eigenvalue weighted by Crippen LogP contribution is -2.34. The maximum absolute atomic E-state index is 4.56. The van der Waals surface area contributed by atoms with E-state index in [0.29, 0.717) is 6.04 Å². The second-order valence-electron chi connectivity index (χ2n) is 5.52. The molecule has 0 amide bonds. The average molecular weight is 302 g/mol. The van der Waals surface area contributed by atoms with Crippen LogP contribution in [0.2, 0.25) is 0 Å². The Labute approximate surface area is 130 Å². The molecule has 0 saturated heterocycles. The van der Waals surface area contributed by atoms with E-state index in [1.54, 1.807) is 6.33 Å². The molecule has 3 heterocycles. The Morgan fingerprint density at radius 2 is 2.29 bits per heavy atom. The summed E-state index contributed by atoms with van der Waals surface area (Å²) in [6.07, 6.45) is 3.88. The Balaban J connectivity index is 1.91. The number of rotatable bonds is 4. The van der Waals surface area contributed by atoms with E-state index in [0.717, 1.165) is 43.1 Å². The topological polar surface area (TPSA) is 41.1 Å². The van der Waals surface area contributed by atoms with Crippen LogP contribution in [0.15, 0.2) is 17.8 Å². The van der Waals surface area contributed by atoms with Gasteiger partial charge in [-0.05, 0) is 43.7 Å². The predicted molar refractivity (Wildman–Crippen MR) is 89.3 cm³/mol. The Kier molecular flexibility index (Phi) is 4.10. The highest BCUT2D eigenvalue weighted by Crippen LogP contribution is 2.37. The predicted octanol–water partition coefficient (Wildman–Crippen LogP) is 3.79. The monoisotopic (exact) mass is 302 g/mol. The summed E-state index contributed by atoms with van der Waals surface area (Å²) in [5, 5.41) is 5.60. The van der Waals surface area contributed by atoms with Crippen molar-refractivity contribution < 1.29 is 0 Å². The van der Waals surface area contributed by atoms with Gasteiger partial charge in [-0.25, -0.2) is 9.97 Å². The van der Waals surface area contributed by atoms with Crippen LogP contribution in [0.4, 0.5) is 11.6 Å². The zero-order valence-electron chi connectivity index (χ0n) is 12.9. The molecule has 2 aromatic rings. The second-order valence-corrected chi connectivity index (χ2v) is 6.52. The summed E-state index contributed by atoms with van der Waals surface area (Å²) in [6.45, 7) is 8.52. The van der Waals surface area contributed by atoms with E-state index in [1.807, 2.05) is 11.3 Å². The van der Waals surface area contributed by atoms with Crippen LogP contribution >= 0.6 is 11.3 Å². The van der Waals surface area contributed by atoms with Crippen molar-refractivity contribution in [3.63, 3.8) is 0 Å². The van der Waals surface area contributed by atoms with E-state index in [2.05, 4.69) is 52.4 Å². The van der Waals surface area contributed by atoms with Gasteiger partial charge in [0.1, 0.15) is 18.0 Å². The first kappa shape index (κ1) is 14.3. The summed E-state index contributed by atoms with van der Waals surface area (Å²) < 4.78 is 0. The van der Waals surface area contributed by atoms with E-state index in [-0.39, 0.29) is 0 Å². The highest BCUT2D eigenvalue weighted by atomic mass is 32.1. The molecular formula is C16H22N4S. The van der Waals surface area contributed by atoms with Crippen molar-refractivity contribution >= 4 is 23.0 Å². The number of hydrogen-bond donors (Lipinski definition) is 1. The van der Waals surface area contributed by atoms with E-state index >= 15 is 0 Å². The number of anilines is 2. The third kappa shape index (κ3) is 2.62. The molecule has 112 valence electrons. The van der Waals surface area contributed by atoms with Crippen LogP contribution in [-0.4, -0.2) is 23.1 Å². The van der Waals surface area contributed by atoms with Crippen molar-refractivity contribution in [2.45, 2.75) is 39.7 Å². The van der Waals surface area contributed by atoms with Crippen molar-refractivity contribution in [2.24, 2.45) is 0 Å². The van der Waals surface area contributed by atoms with Crippen molar-refractivity contribution in [1.29, 1.82) is 0 Å². The number of fused-ring (bicyclic) bond motifs is 1. The fraction of sp³-hybridized carbons (Fsp3) is 0.500. The number of aromatic nitrogens is 2. The third-order valence-corrected chi connectivity index (χ3v) is 5.15. The van der Waals surface area contributed by atoms with Gasteiger partial charge < -0.3 is 10.2 Å². The summed E-state index contributed by atoms with van der Waals surface area (Å²) in [6, 6.07) is 2.64. The van der Waals surface area contributed by atoms with Gasteiger partial charge >= 0.3 is 0 Å². The zero-order chi connectivity index (χ0) is 14.8. The van der Waals surface area contributed by atoms with E-state index in [4.69, 9.17) is 0 Å². The number of thiophene rings is 1. The van der Waals surface area contributed by atoms with Gasteiger partial charge in [0.25, 0.3) is 0 Å². The molecule has 0 fully saturated rings. The maximum atomic E-state index is 4.56. The molecule has 1 N–H and O–H groups in total. The van der Waals surface area contributed by atoms with E-state index in [9.17, 15) is 0 Å². The van der Waals surface area contributed by atoms with E-state index < -0.39 is 0 Å². The molecular weight excluding hydrogens is 280 g/mol. The zero-order valence-corrected chi connectivity index (χ0v) is 13.7. The molecule has 0 aliphatic carbocycles. The number of nitrogens with zero attached hydrogens (tertiary/aromatic N) is 3. The summed E-state index contributed by atoms with van der Waals surface area (Å²) in [7, 11) is 0. The Hall–Kier alpha value is -1.62. The molecule has 0 saturated carbocycles. The third-order valence-electron chi connectivity index (χ3n) is 4.15. The summed E-state index contributed by atoms with van der Waals surface area (Å²) >= 11 is 1.87. The molecule has 4 nitrogen and oxygen atoms in total. The lowest BCUT2D eigenvalue weighted by Gasteiger charge is -2.35. The minimum absolute atomic E-state index is 0.382. The fourth-order valence-corrected chi connectivity index (χ4v) is 3.91. The van der Waals surface area contributed by atoms with Crippen LogP contribution in [0, 0.1) is 6.92 Å². The summed E-state index contributed by atoms with van der Waals surface area (Å²) in [4.78, 5) is 12.9. The smallest absolute Gasteiger partial charge is 0.137 e. The first-order chi connectivity index (χ1) is 10.2. The average Bonchev–Trinajstić information content (AvgIpc) is 2.97. The highest BCUT2D eigenvalue weighted by Gasteiger charge is 2.27. The van der Waals surface area contributed by atoms with Crippen molar-refractivity contribution in [2.75, 3.05) is 23.3 Å². The molecule has 1 aliphatic heterocycles. The van der Waals surface area contributed by atoms with Crippen LogP contribution in [0.3, 0.4) is 0 Å². The Bertz CT molecular complexity index is 622. The van der Waals surface area contributed by atoms with E-state index in [1.165, 1.54) is 10.4 Å². The van der Waals surface area contributed by atoms with Crippen LogP contribution in [-0.2, 0) is 6.42 Å². The van der Waals surface area contributed by atoms with Gasteiger partial charge in [-0.15, -0.1) is 11.3 Å². The molecule has 1 unspecified atom stereocenters. The van der Waals surface area contributed by atoms with Gasteiger partial charge in [0.2, 0.25) is 0 Å². The molecule has 21 heavy (non-hydrogen) atoms. The largest absolute Gasteiger partial charge is 0.370 e. The van der Waals surface area contributed by atoms with Crippen LogP contribution in [0.1, 0.15) is 42.3 Å². The number of nitrogens with one attached hydrogen (secondary N) is 1. The second kappa shape index (κ2) is 6.02. The molecule has 0 aromatic carbocycles. The van der Waals surface area contributed by atoms with Crippen molar-refractivity contribution in [3.05, 3.63) is 33.8 Å². The lowest BCUT2D eigenvalue weighted by molar-refractivity contribution is 0.622. The van der Waals surface area contributed by atoms with Crippen molar-refractivity contribution in [3.8, 4) is 0 Å². The van der Waals surface area contributed by atoms with Gasteiger partial charge in [0, 0.05) is 23.5 Å². The summed E-state index contributed by atoms with van der Waals surface area (Å²) in [5.74, 6) is 2.03. The Morgan fingerprint density at radius 1 is 1.43 bits per heavy atom. The minimum Gasteiger partial charge on any atom is -0.370 e. The van der Waals surface area contributed by atoms with Crippen LogP contribution < -0.4 is 10.2 Å². The molecule has 1 aliphatic rings. The first-order valence-electron chi connectivity index (χ1n) is 7.60. The van der Waals surface area contributed by atoms with Crippen molar-refractivity contribution in [1.82, 2.24) is 9.97 Å². The SMILES string of the molecule is CCCNc1ncnc(N2CCc3sccc3C2C)c1C. The molecule has 0 bridgehead atoms.